The van der Waals surface area contributed by atoms with Gasteiger partial charge in [-0.25, -0.2) is 0 Å². The number of nitrogens with one attached hydrogen (secondary N) is 1. The molecule has 20 heavy (non-hydrogen) atoms. The van der Waals surface area contributed by atoms with Crippen LogP contribution in [0.3, 0.4) is 0 Å². The summed E-state index contributed by atoms with van der Waals surface area (Å²) in [6.45, 7) is 4.82. The van der Waals surface area contributed by atoms with Crippen molar-refractivity contribution in [2.24, 2.45) is 5.92 Å². The monoisotopic (exact) mass is 274 g/mol. The first-order chi connectivity index (χ1) is 9.78. The van der Waals surface area contributed by atoms with E-state index in [1.165, 1.54) is 0 Å². The summed E-state index contributed by atoms with van der Waals surface area (Å²) < 4.78 is 10.9. The summed E-state index contributed by atoms with van der Waals surface area (Å²) in [6.07, 6.45) is 2.62. The van der Waals surface area contributed by atoms with E-state index >= 15 is 0 Å². The second kappa shape index (κ2) is 7.28. The highest BCUT2D eigenvalue weighted by atomic mass is 16.5. The summed E-state index contributed by atoms with van der Waals surface area (Å²) in [6, 6.07) is 7.83. The lowest BCUT2D eigenvalue weighted by Crippen LogP contribution is -2.27. The van der Waals surface area contributed by atoms with Crippen LogP contribution in [0.4, 0.5) is 0 Å². The normalized spacial score (nSPS) is 21.6. The first-order valence-corrected chi connectivity index (χ1v) is 7.17. The Bertz CT molecular complexity index is 482. The average Bonchev–Trinajstić information content (AvgIpc) is 2.94. The maximum absolute atomic E-state index is 8.96. The molecule has 0 aliphatic carbocycles. The summed E-state index contributed by atoms with van der Waals surface area (Å²) in [5, 5.41) is 12.4. The molecule has 1 aliphatic rings. The maximum atomic E-state index is 8.96. The maximum Gasteiger partial charge on any atom is 0.136 e. The molecule has 0 saturated carbocycles. The minimum atomic E-state index is 0.401. The second-order valence-corrected chi connectivity index (χ2v) is 5.14. The molecule has 2 unspecified atom stereocenters. The zero-order valence-electron chi connectivity index (χ0n) is 12.2. The van der Waals surface area contributed by atoms with Gasteiger partial charge in [-0.2, -0.15) is 5.26 Å². The van der Waals surface area contributed by atoms with Crippen molar-refractivity contribution in [2.75, 3.05) is 20.3 Å². The smallest absolute Gasteiger partial charge is 0.136 e. The van der Waals surface area contributed by atoms with Crippen molar-refractivity contribution in [3.05, 3.63) is 29.3 Å². The van der Waals surface area contributed by atoms with Crippen LogP contribution in [0, 0.1) is 17.2 Å². The molecule has 0 radical (unpaired) electrons. The van der Waals surface area contributed by atoms with Gasteiger partial charge in [-0.15, -0.1) is 0 Å². The van der Waals surface area contributed by atoms with Gasteiger partial charge in [0.2, 0.25) is 0 Å². The molecule has 1 aromatic carbocycles. The third-order valence-corrected chi connectivity index (χ3v) is 3.87. The fourth-order valence-electron chi connectivity index (χ4n) is 2.72. The van der Waals surface area contributed by atoms with Gasteiger partial charge < -0.3 is 14.8 Å². The van der Waals surface area contributed by atoms with Crippen LogP contribution in [0.5, 0.6) is 5.75 Å². The van der Waals surface area contributed by atoms with Gasteiger partial charge in [0.25, 0.3) is 0 Å². The molecule has 1 aliphatic heterocycles. The Morgan fingerprint density at radius 3 is 3.05 bits per heavy atom. The lowest BCUT2D eigenvalue weighted by Gasteiger charge is -2.17. The van der Waals surface area contributed by atoms with Gasteiger partial charge in [0.15, 0.2) is 0 Å². The number of rotatable bonds is 6. The van der Waals surface area contributed by atoms with Crippen molar-refractivity contribution in [2.45, 2.75) is 32.4 Å². The molecule has 1 fully saturated rings. The summed E-state index contributed by atoms with van der Waals surface area (Å²) in [4.78, 5) is 0. The Labute approximate surface area is 120 Å². The highest BCUT2D eigenvalue weighted by molar-refractivity contribution is 5.45. The standard InChI is InChI=1S/C16H22N2O2/c1-3-15-14(6-7-20-15)11-18-10-12-4-5-13(9-17)16(8-12)19-2/h4-5,8,14-15,18H,3,6-7,10-11H2,1-2H3. The summed E-state index contributed by atoms with van der Waals surface area (Å²) in [5.41, 5.74) is 1.71. The average molecular weight is 274 g/mol. The Morgan fingerprint density at radius 1 is 1.50 bits per heavy atom. The minimum Gasteiger partial charge on any atom is -0.495 e. The molecule has 4 heteroatoms. The highest BCUT2D eigenvalue weighted by Gasteiger charge is 2.25. The largest absolute Gasteiger partial charge is 0.495 e. The van der Waals surface area contributed by atoms with Gasteiger partial charge in [-0.3, -0.25) is 0 Å². The van der Waals surface area contributed by atoms with Crippen molar-refractivity contribution in [3.8, 4) is 11.8 Å². The number of nitrogens with zero attached hydrogens (tertiary/aromatic N) is 1. The molecule has 2 rings (SSSR count). The summed E-state index contributed by atoms with van der Waals surface area (Å²) >= 11 is 0. The molecule has 2 atom stereocenters. The van der Waals surface area contributed by atoms with Crippen LogP contribution < -0.4 is 10.1 Å². The quantitative estimate of drug-likeness (QED) is 0.866. The predicted molar refractivity (Wildman–Crippen MR) is 77.6 cm³/mol. The van der Waals surface area contributed by atoms with Gasteiger partial charge in [-0.05, 0) is 36.5 Å². The van der Waals surface area contributed by atoms with E-state index in [2.05, 4.69) is 18.3 Å². The molecule has 0 bridgehead atoms. The van der Waals surface area contributed by atoms with Crippen LogP contribution in [0.15, 0.2) is 18.2 Å². The van der Waals surface area contributed by atoms with Gasteiger partial charge in [0.1, 0.15) is 11.8 Å². The minimum absolute atomic E-state index is 0.401. The third-order valence-electron chi connectivity index (χ3n) is 3.87. The molecule has 1 saturated heterocycles. The molecule has 1 N–H and O–H groups in total. The van der Waals surface area contributed by atoms with Gasteiger partial charge in [0, 0.05) is 19.7 Å². The molecule has 0 spiro atoms. The van der Waals surface area contributed by atoms with Crippen molar-refractivity contribution in [1.29, 1.82) is 5.26 Å². The van der Waals surface area contributed by atoms with Crippen LogP contribution in [0.2, 0.25) is 0 Å². The van der Waals surface area contributed by atoms with E-state index in [0.717, 1.165) is 38.1 Å². The molecule has 1 aromatic rings. The van der Waals surface area contributed by atoms with Gasteiger partial charge >= 0.3 is 0 Å². The highest BCUT2D eigenvalue weighted by Crippen LogP contribution is 2.23. The predicted octanol–water partition coefficient (Wildman–Crippen LogP) is 2.47. The topological polar surface area (TPSA) is 54.3 Å². The van der Waals surface area contributed by atoms with Gasteiger partial charge in [0.05, 0.1) is 18.8 Å². The molecular formula is C16H22N2O2. The van der Waals surface area contributed by atoms with Crippen LogP contribution in [0.25, 0.3) is 0 Å². The number of benzene rings is 1. The van der Waals surface area contributed by atoms with Crippen molar-refractivity contribution >= 4 is 0 Å². The second-order valence-electron chi connectivity index (χ2n) is 5.14. The van der Waals surface area contributed by atoms with Gasteiger partial charge in [-0.1, -0.05) is 13.0 Å². The van der Waals surface area contributed by atoms with E-state index in [0.29, 0.717) is 23.3 Å². The summed E-state index contributed by atoms with van der Waals surface area (Å²) in [5.74, 6) is 1.25. The van der Waals surface area contributed by atoms with Crippen LogP contribution in [0.1, 0.15) is 30.9 Å². The van der Waals surface area contributed by atoms with Crippen LogP contribution >= 0.6 is 0 Å². The first kappa shape index (κ1) is 14.8. The number of hydrogen-bond donors (Lipinski definition) is 1. The molecule has 108 valence electrons. The van der Waals surface area contributed by atoms with E-state index in [9.17, 15) is 0 Å². The van der Waals surface area contributed by atoms with Crippen molar-refractivity contribution in [1.82, 2.24) is 5.32 Å². The molecule has 0 amide bonds. The molecule has 1 heterocycles. The van der Waals surface area contributed by atoms with E-state index in [1.54, 1.807) is 7.11 Å². The van der Waals surface area contributed by atoms with E-state index in [-0.39, 0.29) is 0 Å². The van der Waals surface area contributed by atoms with Crippen LogP contribution in [-0.4, -0.2) is 26.4 Å². The lowest BCUT2D eigenvalue weighted by molar-refractivity contribution is 0.0872. The molecule has 0 aromatic heterocycles. The zero-order chi connectivity index (χ0) is 14.4. The fraction of sp³-hybridized carbons (Fsp3) is 0.562. The lowest BCUT2D eigenvalue weighted by atomic mass is 9.99. The Hall–Kier alpha value is -1.57. The van der Waals surface area contributed by atoms with Crippen molar-refractivity contribution in [3.63, 3.8) is 0 Å². The Balaban J connectivity index is 1.87. The fourth-order valence-corrected chi connectivity index (χ4v) is 2.72. The SMILES string of the molecule is CCC1OCCC1CNCc1ccc(C#N)c(OC)c1. The summed E-state index contributed by atoms with van der Waals surface area (Å²) in [7, 11) is 1.59. The van der Waals surface area contributed by atoms with E-state index < -0.39 is 0 Å². The number of ether oxygens (including phenoxy) is 2. The zero-order valence-corrected chi connectivity index (χ0v) is 12.2. The first-order valence-electron chi connectivity index (χ1n) is 7.17. The number of hydrogen-bond acceptors (Lipinski definition) is 4. The van der Waals surface area contributed by atoms with E-state index in [1.807, 2.05) is 18.2 Å². The third kappa shape index (κ3) is 3.50. The Kier molecular flexibility index (Phi) is 5.40. The molecular weight excluding hydrogens is 252 g/mol. The molecule has 4 nitrogen and oxygen atoms in total. The number of nitriles is 1. The van der Waals surface area contributed by atoms with Crippen LogP contribution in [-0.2, 0) is 11.3 Å². The Morgan fingerprint density at radius 2 is 2.35 bits per heavy atom. The number of methoxy groups -OCH3 is 1. The van der Waals surface area contributed by atoms with E-state index in [4.69, 9.17) is 14.7 Å². The van der Waals surface area contributed by atoms with Crippen molar-refractivity contribution < 1.29 is 9.47 Å².